The Morgan fingerprint density at radius 2 is 2.00 bits per heavy atom. The largest absolute Gasteiger partial charge is 0.483 e. The number of rotatable bonds is 6. The fourth-order valence-electron chi connectivity index (χ4n) is 3.34. The maximum absolute atomic E-state index is 12.2. The van der Waals surface area contributed by atoms with Crippen LogP contribution in [0.5, 0.6) is 5.75 Å². The van der Waals surface area contributed by atoms with Gasteiger partial charge in [0.1, 0.15) is 23.0 Å². The Bertz CT molecular complexity index is 1360. The fourth-order valence-corrected chi connectivity index (χ4v) is 3.34. The van der Waals surface area contributed by atoms with E-state index < -0.39 is 5.60 Å². The molecule has 8 nitrogen and oxygen atoms in total. The normalized spacial score (nSPS) is 11.2. The first-order chi connectivity index (χ1) is 15.8. The molecule has 4 rings (SSSR count). The van der Waals surface area contributed by atoms with Crippen LogP contribution in [0.1, 0.15) is 30.5 Å². The Kier molecular flexibility index (Phi) is 5.82. The zero-order valence-corrected chi connectivity index (χ0v) is 18.4. The number of aryl methyl sites for hydroxylation is 1. The third kappa shape index (κ3) is 4.68. The van der Waals surface area contributed by atoms with Crippen LogP contribution in [0.3, 0.4) is 0 Å². The molecule has 0 bridgehead atoms. The highest BCUT2D eigenvalue weighted by Gasteiger charge is 2.25. The van der Waals surface area contributed by atoms with Gasteiger partial charge in [0.2, 0.25) is 5.89 Å². The Balaban J connectivity index is 1.52. The zero-order valence-electron chi connectivity index (χ0n) is 18.4. The predicted molar refractivity (Wildman–Crippen MR) is 123 cm³/mol. The summed E-state index contributed by atoms with van der Waals surface area (Å²) in [5.41, 5.74) is 2.24. The molecule has 2 aromatic heterocycles. The van der Waals surface area contributed by atoms with Crippen molar-refractivity contribution in [2.24, 2.45) is 0 Å². The Morgan fingerprint density at radius 1 is 1.21 bits per heavy atom. The van der Waals surface area contributed by atoms with E-state index in [4.69, 9.17) is 9.15 Å². The minimum atomic E-state index is -1.18. The van der Waals surface area contributed by atoms with E-state index in [-0.39, 0.29) is 18.4 Å². The summed E-state index contributed by atoms with van der Waals surface area (Å²) < 4.78 is 11.4. The number of nitrogens with zero attached hydrogens (tertiary/aromatic N) is 3. The number of aromatic nitrogens is 2. The van der Waals surface area contributed by atoms with Gasteiger partial charge in [0, 0.05) is 5.56 Å². The van der Waals surface area contributed by atoms with Gasteiger partial charge in [0.15, 0.2) is 12.2 Å². The molecule has 166 valence electrons. The van der Waals surface area contributed by atoms with Gasteiger partial charge in [-0.3, -0.25) is 4.79 Å². The molecule has 0 atom stereocenters. The van der Waals surface area contributed by atoms with Crippen molar-refractivity contribution >= 4 is 22.7 Å². The number of benzene rings is 2. The summed E-state index contributed by atoms with van der Waals surface area (Å²) in [6, 6.07) is 16.1. The van der Waals surface area contributed by atoms with Crippen LogP contribution < -0.4 is 10.1 Å². The lowest BCUT2D eigenvalue weighted by atomic mass is 9.96. The van der Waals surface area contributed by atoms with Crippen molar-refractivity contribution in [3.63, 3.8) is 0 Å². The number of ether oxygens (including phenoxy) is 1. The molecule has 4 aromatic rings. The number of amides is 1. The molecule has 0 aliphatic carbocycles. The van der Waals surface area contributed by atoms with E-state index in [1.807, 2.05) is 25.1 Å². The van der Waals surface area contributed by atoms with E-state index in [0.29, 0.717) is 39.4 Å². The number of carbonyl (C=O) groups excluding carboxylic acids is 1. The Labute approximate surface area is 190 Å². The Morgan fingerprint density at radius 3 is 2.67 bits per heavy atom. The van der Waals surface area contributed by atoms with Crippen molar-refractivity contribution in [3.8, 4) is 23.4 Å². The van der Waals surface area contributed by atoms with E-state index >= 15 is 0 Å². The molecular formula is C25H22N4O4. The van der Waals surface area contributed by atoms with Crippen molar-refractivity contribution in [1.29, 1.82) is 5.26 Å². The van der Waals surface area contributed by atoms with Crippen LogP contribution in [-0.2, 0) is 10.4 Å². The molecule has 0 aliphatic rings. The number of fused-ring (bicyclic) bond motifs is 1. The standard InChI is InChI=1S/C25H22N4O4/c1-15-6-4-5-7-20(15)32-14-21(30)28-17-9-11-19(27-13-17)24-29-22-16(12-26)8-10-18(23(22)33-24)25(2,3)31/h4-11,13,31H,14H2,1-3H3,(H,28,30). The molecule has 0 fully saturated rings. The quantitative estimate of drug-likeness (QED) is 0.456. The zero-order chi connectivity index (χ0) is 23.6. The van der Waals surface area contributed by atoms with Crippen LogP contribution in [0.4, 0.5) is 5.69 Å². The summed E-state index contributed by atoms with van der Waals surface area (Å²) in [6.45, 7) is 5.05. The molecule has 0 spiro atoms. The van der Waals surface area contributed by atoms with Gasteiger partial charge in [-0.25, -0.2) is 9.97 Å². The molecule has 2 heterocycles. The molecule has 0 unspecified atom stereocenters. The number of anilines is 1. The second-order valence-electron chi connectivity index (χ2n) is 8.06. The van der Waals surface area contributed by atoms with E-state index in [1.165, 1.54) is 6.20 Å². The summed E-state index contributed by atoms with van der Waals surface area (Å²) in [7, 11) is 0. The lowest BCUT2D eigenvalue weighted by molar-refractivity contribution is -0.118. The summed E-state index contributed by atoms with van der Waals surface area (Å²) in [4.78, 5) is 21.0. The molecule has 0 saturated carbocycles. The number of hydrogen-bond acceptors (Lipinski definition) is 7. The van der Waals surface area contributed by atoms with Gasteiger partial charge in [-0.1, -0.05) is 24.3 Å². The van der Waals surface area contributed by atoms with Crippen molar-refractivity contribution in [1.82, 2.24) is 9.97 Å². The van der Waals surface area contributed by atoms with Gasteiger partial charge in [-0.15, -0.1) is 0 Å². The highest BCUT2D eigenvalue weighted by Crippen LogP contribution is 2.33. The molecule has 2 N–H and O–H groups in total. The summed E-state index contributed by atoms with van der Waals surface area (Å²) >= 11 is 0. The van der Waals surface area contributed by atoms with E-state index in [0.717, 1.165) is 5.56 Å². The minimum absolute atomic E-state index is 0.131. The molecule has 2 aromatic carbocycles. The number of nitriles is 1. The van der Waals surface area contributed by atoms with Crippen LogP contribution in [0, 0.1) is 18.3 Å². The molecular weight excluding hydrogens is 420 g/mol. The predicted octanol–water partition coefficient (Wildman–Crippen LogP) is 4.31. The van der Waals surface area contributed by atoms with Crippen LogP contribution >= 0.6 is 0 Å². The van der Waals surface area contributed by atoms with Crippen LogP contribution in [0.2, 0.25) is 0 Å². The molecule has 0 aliphatic heterocycles. The smallest absolute Gasteiger partial charge is 0.262 e. The van der Waals surface area contributed by atoms with Crippen LogP contribution in [0.15, 0.2) is 59.1 Å². The second-order valence-corrected chi connectivity index (χ2v) is 8.06. The molecule has 1 amide bonds. The summed E-state index contributed by atoms with van der Waals surface area (Å²) in [5, 5.41) is 22.6. The third-order valence-electron chi connectivity index (χ3n) is 5.04. The molecule has 0 radical (unpaired) electrons. The molecule has 33 heavy (non-hydrogen) atoms. The highest BCUT2D eigenvalue weighted by molar-refractivity contribution is 5.92. The van der Waals surface area contributed by atoms with E-state index in [1.54, 1.807) is 44.2 Å². The Hall–Kier alpha value is -4.22. The average molecular weight is 442 g/mol. The molecule has 0 saturated heterocycles. The number of para-hydroxylation sites is 1. The first kappa shape index (κ1) is 22.0. The average Bonchev–Trinajstić information content (AvgIpc) is 3.23. The number of oxazole rings is 1. The number of aliphatic hydroxyl groups is 1. The van der Waals surface area contributed by atoms with Gasteiger partial charge in [-0.2, -0.15) is 5.26 Å². The maximum Gasteiger partial charge on any atom is 0.262 e. The number of pyridine rings is 1. The van der Waals surface area contributed by atoms with E-state index in [9.17, 15) is 15.2 Å². The SMILES string of the molecule is Cc1ccccc1OCC(=O)Nc1ccc(-c2nc3c(C#N)ccc(C(C)(C)O)c3o2)nc1. The van der Waals surface area contributed by atoms with Gasteiger partial charge in [-0.05, 0) is 50.6 Å². The van der Waals surface area contributed by atoms with Gasteiger partial charge >= 0.3 is 0 Å². The maximum atomic E-state index is 12.2. The topological polar surface area (TPSA) is 121 Å². The van der Waals surface area contributed by atoms with Crippen LogP contribution in [0.25, 0.3) is 22.7 Å². The van der Waals surface area contributed by atoms with Gasteiger partial charge in [0.25, 0.3) is 5.91 Å². The van der Waals surface area contributed by atoms with Crippen LogP contribution in [-0.4, -0.2) is 27.6 Å². The molecule has 8 heteroatoms. The van der Waals surface area contributed by atoms with Crippen molar-refractivity contribution < 1.29 is 19.1 Å². The number of carbonyl (C=O) groups is 1. The monoisotopic (exact) mass is 442 g/mol. The summed E-state index contributed by atoms with van der Waals surface area (Å²) in [5.74, 6) is 0.543. The second kappa shape index (κ2) is 8.73. The first-order valence-corrected chi connectivity index (χ1v) is 10.3. The van der Waals surface area contributed by atoms with Gasteiger partial charge < -0.3 is 19.6 Å². The third-order valence-corrected chi connectivity index (χ3v) is 5.04. The highest BCUT2D eigenvalue weighted by atomic mass is 16.5. The minimum Gasteiger partial charge on any atom is -0.483 e. The lowest BCUT2D eigenvalue weighted by Crippen LogP contribution is -2.20. The number of hydrogen-bond donors (Lipinski definition) is 2. The summed E-state index contributed by atoms with van der Waals surface area (Å²) in [6.07, 6.45) is 1.48. The lowest BCUT2D eigenvalue weighted by Gasteiger charge is -2.17. The van der Waals surface area contributed by atoms with Crippen molar-refractivity contribution in [3.05, 3.63) is 71.4 Å². The van der Waals surface area contributed by atoms with E-state index in [2.05, 4.69) is 21.4 Å². The van der Waals surface area contributed by atoms with Gasteiger partial charge in [0.05, 0.1) is 23.0 Å². The fraction of sp³-hybridized carbons (Fsp3) is 0.200. The first-order valence-electron chi connectivity index (χ1n) is 10.3. The van der Waals surface area contributed by atoms with Crippen molar-refractivity contribution in [2.45, 2.75) is 26.4 Å². The number of nitrogens with one attached hydrogen (secondary N) is 1. The van der Waals surface area contributed by atoms with Crippen molar-refractivity contribution in [2.75, 3.05) is 11.9 Å².